The van der Waals surface area contributed by atoms with E-state index in [0.29, 0.717) is 16.9 Å². The first kappa shape index (κ1) is 13.3. The number of hydrogen-bond donors (Lipinski definition) is 1. The molecule has 0 saturated heterocycles. The quantitative estimate of drug-likeness (QED) is 0.776. The van der Waals surface area contributed by atoms with Crippen molar-refractivity contribution in [2.45, 2.75) is 53.0 Å². The summed E-state index contributed by atoms with van der Waals surface area (Å²) in [6.07, 6.45) is 4.10. The van der Waals surface area contributed by atoms with Crippen molar-refractivity contribution in [2.75, 3.05) is 5.32 Å². The maximum Gasteiger partial charge on any atom is 0.0637 e. The average Bonchev–Trinajstić information content (AvgIpc) is 2.80. The van der Waals surface area contributed by atoms with E-state index in [2.05, 4.69) is 45.1 Å². The van der Waals surface area contributed by atoms with Gasteiger partial charge in [0.25, 0.3) is 0 Å². The third-order valence-corrected chi connectivity index (χ3v) is 6.02. The molecule has 0 spiro atoms. The molecule has 2 aliphatic carbocycles. The van der Waals surface area contributed by atoms with Crippen molar-refractivity contribution < 1.29 is 0 Å². The summed E-state index contributed by atoms with van der Waals surface area (Å²) in [4.78, 5) is 0. The average molecular weight is 278 g/mol. The lowest BCUT2D eigenvalue weighted by Gasteiger charge is -2.43. The number of halogens is 1. The van der Waals surface area contributed by atoms with E-state index in [1.807, 2.05) is 6.07 Å². The Balaban J connectivity index is 1.92. The van der Waals surface area contributed by atoms with Crippen LogP contribution in [0.2, 0.25) is 5.02 Å². The van der Waals surface area contributed by atoms with Gasteiger partial charge in [-0.15, -0.1) is 0 Å². The molecule has 2 bridgehead atoms. The summed E-state index contributed by atoms with van der Waals surface area (Å²) >= 11 is 6.35. The Bertz CT molecular complexity index is 503. The van der Waals surface area contributed by atoms with E-state index >= 15 is 0 Å². The van der Waals surface area contributed by atoms with Crippen LogP contribution in [0.5, 0.6) is 0 Å². The van der Waals surface area contributed by atoms with Crippen LogP contribution < -0.4 is 5.32 Å². The highest BCUT2D eigenvalue weighted by Crippen LogP contribution is 2.63. The molecule has 0 aliphatic heterocycles. The fraction of sp³-hybridized carbons (Fsp3) is 0.647. The molecule has 1 aromatic rings. The minimum atomic E-state index is 0.361. The number of benzene rings is 1. The van der Waals surface area contributed by atoms with Gasteiger partial charge in [-0.1, -0.05) is 38.4 Å². The maximum absolute atomic E-state index is 6.35. The van der Waals surface area contributed by atoms with Crippen LogP contribution >= 0.6 is 11.6 Å². The van der Waals surface area contributed by atoms with Crippen molar-refractivity contribution >= 4 is 17.3 Å². The summed E-state index contributed by atoms with van der Waals surface area (Å²) in [6, 6.07) is 6.77. The summed E-state index contributed by atoms with van der Waals surface area (Å²) < 4.78 is 0. The van der Waals surface area contributed by atoms with Gasteiger partial charge in [0, 0.05) is 6.04 Å². The predicted octanol–water partition coefficient (Wildman–Crippen LogP) is 5.28. The molecule has 2 aliphatic rings. The zero-order chi connectivity index (χ0) is 13.8. The number of aryl methyl sites for hydroxylation is 1. The summed E-state index contributed by atoms with van der Waals surface area (Å²) in [5.41, 5.74) is 3.16. The lowest BCUT2D eigenvalue weighted by Crippen LogP contribution is -2.45. The third-order valence-electron chi connectivity index (χ3n) is 5.69. The highest BCUT2D eigenvalue weighted by Gasteiger charge is 2.59. The van der Waals surface area contributed by atoms with Crippen molar-refractivity contribution in [3.05, 3.63) is 28.8 Å². The lowest BCUT2D eigenvalue weighted by atomic mass is 9.68. The van der Waals surface area contributed by atoms with Crippen molar-refractivity contribution in [1.29, 1.82) is 0 Å². The topological polar surface area (TPSA) is 12.0 Å². The Morgan fingerprint density at radius 3 is 2.63 bits per heavy atom. The van der Waals surface area contributed by atoms with E-state index in [9.17, 15) is 0 Å². The smallest absolute Gasteiger partial charge is 0.0637 e. The van der Waals surface area contributed by atoms with Crippen LogP contribution in [0.15, 0.2) is 18.2 Å². The summed E-state index contributed by atoms with van der Waals surface area (Å²) in [7, 11) is 0. The number of anilines is 1. The van der Waals surface area contributed by atoms with Crippen molar-refractivity contribution in [3.63, 3.8) is 0 Å². The van der Waals surface area contributed by atoms with Gasteiger partial charge in [0.15, 0.2) is 0 Å². The van der Waals surface area contributed by atoms with Gasteiger partial charge in [-0.05, 0) is 60.6 Å². The largest absolute Gasteiger partial charge is 0.380 e. The van der Waals surface area contributed by atoms with Crippen LogP contribution in [0.4, 0.5) is 5.69 Å². The molecule has 2 heteroatoms. The molecular formula is C17H24ClN. The Kier molecular flexibility index (Phi) is 2.91. The van der Waals surface area contributed by atoms with Gasteiger partial charge in [-0.25, -0.2) is 0 Å². The van der Waals surface area contributed by atoms with Crippen LogP contribution in [0, 0.1) is 23.7 Å². The maximum atomic E-state index is 6.35. The Morgan fingerprint density at radius 1 is 1.26 bits per heavy atom. The van der Waals surface area contributed by atoms with Crippen molar-refractivity contribution in [2.24, 2.45) is 16.7 Å². The predicted molar refractivity (Wildman–Crippen MR) is 82.8 cm³/mol. The van der Waals surface area contributed by atoms with E-state index < -0.39 is 0 Å². The Hall–Kier alpha value is -0.690. The van der Waals surface area contributed by atoms with Crippen molar-refractivity contribution in [1.82, 2.24) is 0 Å². The molecule has 3 atom stereocenters. The lowest BCUT2D eigenvalue weighted by molar-refractivity contribution is 0.155. The van der Waals surface area contributed by atoms with Crippen LogP contribution in [-0.4, -0.2) is 6.04 Å². The van der Waals surface area contributed by atoms with Gasteiger partial charge in [-0.2, -0.15) is 0 Å². The van der Waals surface area contributed by atoms with Gasteiger partial charge in [-0.3, -0.25) is 0 Å². The number of nitrogens with one attached hydrogen (secondary N) is 1. The first-order valence-corrected chi connectivity index (χ1v) is 7.73. The molecule has 0 aromatic heterocycles. The normalized spacial score (nSPS) is 35.6. The standard InChI is InChI=1S/C17H24ClN/c1-11-5-6-13(18)14(9-11)19-15-16(2,3)12-7-8-17(15,4)10-12/h5-6,9,12,15,19H,7-8,10H2,1-4H3. The second-order valence-electron chi connectivity index (χ2n) is 7.48. The highest BCUT2D eigenvalue weighted by molar-refractivity contribution is 6.33. The van der Waals surface area contributed by atoms with E-state index in [4.69, 9.17) is 11.6 Å². The summed E-state index contributed by atoms with van der Waals surface area (Å²) in [5.74, 6) is 0.860. The zero-order valence-electron chi connectivity index (χ0n) is 12.4. The zero-order valence-corrected chi connectivity index (χ0v) is 13.1. The molecule has 0 amide bonds. The van der Waals surface area contributed by atoms with Gasteiger partial charge in [0.1, 0.15) is 0 Å². The second-order valence-corrected chi connectivity index (χ2v) is 7.88. The SMILES string of the molecule is Cc1ccc(Cl)c(NC2C3(C)CCC(C3)C2(C)C)c1. The highest BCUT2D eigenvalue weighted by atomic mass is 35.5. The minimum Gasteiger partial charge on any atom is -0.380 e. The fourth-order valence-corrected chi connectivity index (χ4v) is 4.74. The minimum absolute atomic E-state index is 0.361. The van der Waals surface area contributed by atoms with Gasteiger partial charge in [0.05, 0.1) is 10.7 Å². The summed E-state index contributed by atoms with van der Waals surface area (Å²) in [6.45, 7) is 9.41. The molecule has 0 radical (unpaired) electrons. The fourth-order valence-electron chi connectivity index (χ4n) is 4.57. The van der Waals surface area contributed by atoms with Crippen LogP contribution in [0.25, 0.3) is 0 Å². The number of fused-ring (bicyclic) bond motifs is 2. The third kappa shape index (κ3) is 1.98. The molecule has 2 saturated carbocycles. The van der Waals surface area contributed by atoms with Gasteiger partial charge < -0.3 is 5.32 Å². The molecule has 19 heavy (non-hydrogen) atoms. The van der Waals surface area contributed by atoms with E-state index in [1.165, 1.54) is 24.8 Å². The number of hydrogen-bond acceptors (Lipinski definition) is 1. The van der Waals surface area contributed by atoms with Crippen molar-refractivity contribution in [3.8, 4) is 0 Å². The molecule has 1 N–H and O–H groups in total. The van der Waals surface area contributed by atoms with Gasteiger partial charge >= 0.3 is 0 Å². The van der Waals surface area contributed by atoms with Gasteiger partial charge in [0.2, 0.25) is 0 Å². The monoisotopic (exact) mass is 277 g/mol. The molecule has 3 rings (SSSR count). The molecular weight excluding hydrogens is 254 g/mol. The molecule has 2 fully saturated rings. The first-order chi connectivity index (χ1) is 8.83. The molecule has 104 valence electrons. The molecule has 3 unspecified atom stereocenters. The number of rotatable bonds is 2. The second kappa shape index (κ2) is 4.15. The first-order valence-electron chi connectivity index (χ1n) is 7.36. The van der Waals surface area contributed by atoms with Crippen LogP contribution in [0.1, 0.15) is 45.6 Å². The Labute approximate surface area is 121 Å². The van der Waals surface area contributed by atoms with E-state index in [1.54, 1.807) is 0 Å². The Morgan fingerprint density at radius 2 is 2.00 bits per heavy atom. The molecule has 0 heterocycles. The summed E-state index contributed by atoms with van der Waals surface area (Å²) in [5, 5.41) is 4.62. The molecule has 1 aromatic carbocycles. The van der Waals surface area contributed by atoms with E-state index in [0.717, 1.165) is 16.6 Å². The molecule has 1 nitrogen and oxygen atoms in total. The van der Waals surface area contributed by atoms with Crippen LogP contribution in [0.3, 0.4) is 0 Å². The van der Waals surface area contributed by atoms with Crippen LogP contribution in [-0.2, 0) is 0 Å². The van der Waals surface area contributed by atoms with E-state index in [-0.39, 0.29) is 0 Å².